The van der Waals surface area contributed by atoms with Gasteiger partial charge in [-0.1, -0.05) is 0 Å². The predicted molar refractivity (Wildman–Crippen MR) is 64.0 cm³/mol. The lowest BCUT2D eigenvalue weighted by atomic mass is 10.1. The van der Waals surface area contributed by atoms with E-state index in [1.54, 1.807) is 30.6 Å². The van der Waals surface area contributed by atoms with Crippen LogP contribution in [0.25, 0.3) is 0 Å². The molecule has 5 heteroatoms. The number of pyridine rings is 2. The Balaban J connectivity index is 2.40. The van der Waals surface area contributed by atoms with E-state index in [2.05, 4.69) is 25.9 Å². The average Bonchev–Trinajstić information content (AvgIpc) is 2.30. The first-order valence-corrected chi connectivity index (χ1v) is 5.33. The Labute approximate surface area is 101 Å². The molecule has 0 radical (unpaired) electrons. The Morgan fingerprint density at radius 3 is 2.69 bits per heavy atom. The molecule has 0 atom stereocenters. The third kappa shape index (κ3) is 2.09. The van der Waals surface area contributed by atoms with E-state index in [1.165, 1.54) is 6.20 Å². The van der Waals surface area contributed by atoms with E-state index in [1.807, 2.05) is 0 Å². The van der Waals surface area contributed by atoms with Gasteiger partial charge in [0.1, 0.15) is 5.69 Å². The van der Waals surface area contributed by atoms with Gasteiger partial charge in [0.2, 0.25) is 5.78 Å². The third-order valence-corrected chi connectivity index (χ3v) is 2.53. The lowest BCUT2D eigenvalue weighted by Crippen LogP contribution is -2.07. The third-order valence-electron chi connectivity index (χ3n) is 2.06. The van der Waals surface area contributed by atoms with E-state index in [4.69, 9.17) is 5.73 Å². The summed E-state index contributed by atoms with van der Waals surface area (Å²) in [7, 11) is 0. The number of halogens is 1. The standard InChI is InChI=1S/C11H8BrN3O/c12-7-1-2-10(15-5-7)11(16)8-6-14-4-3-9(8)13/h1-6H,(H2,13,14). The Morgan fingerprint density at radius 1 is 1.25 bits per heavy atom. The van der Waals surface area contributed by atoms with Crippen LogP contribution in [0.1, 0.15) is 16.1 Å². The first kappa shape index (κ1) is 10.8. The van der Waals surface area contributed by atoms with Crippen LogP contribution in [-0.2, 0) is 0 Å². The molecule has 0 aliphatic carbocycles. The van der Waals surface area contributed by atoms with Crippen molar-refractivity contribution in [2.75, 3.05) is 5.73 Å². The second kappa shape index (κ2) is 4.40. The van der Waals surface area contributed by atoms with Crippen molar-refractivity contribution in [1.82, 2.24) is 9.97 Å². The van der Waals surface area contributed by atoms with E-state index in [0.717, 1.165) is 4.47 Å². The second-order valence-electron chi connectivity index (χ2n) is 3.15. The van der Waals surface area contributed by atoms with Crippen molar-refractivity contribution in [3.8, 4) is 0 Å². The van der Waals surface area contributed by atoms with Crippen molar-refractivity contribution in [2.45, 2.75) is 0 Å². The summed E-state index contributed by atoms with van der Waals surface area (Å²) in [5.41, 5.74) is 6.82. The molecule has 0 bridgehead atoms. The molecule has 0 saturated heterocycles. The number of aromatic nitrogens is 2. The van der Waals surface area contributed by atoms with Crippen LogP contribution >= 0.6 is 15.9 Å². The highest BCUT2D eigenvalue weighted by molar-refractivity contribution is 9.10. The van der Waals surface area contributed by atoms with Gasteiger partial charge in [-0.2, -0.15) is 0 Å². The highest BCUT2D eigenvalue weighted by Gasteiger charge is 2.13. The molecule has 0 saturated carbocycles. The highest BCUT2D eigenvalue weighted by atomic mass is 79.9. The normalized spacial score (nSPS) is 10.1. The molecular weight excluding hydrogens is 270 g/mol. The van der Waals surface area contributed by atoms with Gasteiger partial charge in [0.15, 0.2) is 0 Å². The summed E-state index contributed by atoms with van der Waals surface area (Å²) in [4.78, 5) is 19.9. The zero-order valence-electron chi connectivity index (χ0n) is 8.22. The highest BCUT2D eigenvalue weighted by Crippen LogP contribution is 2.15. The fraction of sp³-hybridized carbons (Fsp3) is 0. The molecule has 2 aromatic rings. The first-order chi connectivity index (χ1) is 7.68. The molecule has 0 aliphatic heterocycles. The zero-order valence-corrected chi connectivity index (χ0v) is 9.81. The van der Waals surface area contributed by atoms with Crippen LogP contribution in [0.2, 0.25) is 0 Å². The Morgan fingerprint density at radius 2 is 2.06 bits per heavy atom. The van der Waals surface area contributed by atoms with Crippen LogP contribution in [0.4, 0.5) is 5.69 Å². The van der Waals surface area contributed by atoms with E-state index < -0.39 is 0 Å². The minimum atomic E-state index is -0.224. The lowest BCUT2D eigenvalue weighted by molar-refractivity contribution is 0.103. The van der Waals surface area contributed by atoms with Crippen LogP contribution in [-0.4, -0.2) is 15.8 Å². The molecule has 0 unspecified atom stereocenters. The summed E-state index contributed by atoms with van der Waals surface area (Å²) in [6.07, 6.45) is 4.56. The largest absolute Gasteiger partial charge is 0.398 e. The van der Waals surface area contributed by atoms with Gasteiger partial charge < -0.3 is 5.73 Å². The quantitative estimate of drug-likeness (QED) is 0.853. The van der Waals surface area contributed by atoms with Gasteiger partial charge in [-0.05, 0) is 34.1 Å². The fourth-order valence-electron chi connectivity index (χ4n) is 1.24. The van der Waals surface area contributed by atoms with Gasteiger partial charge in [-0.15, -0.1) is 0 Å². The molecule has 4 nitrogen and oxygen atoms in total. The van der Waals surface area contributed by atoms with E-state index in [0.29, 0.717) is 16.9 Å². The number of carbonyl (C=O) groups excluding carboxylic acids is 1. The number of nitrogens with zero attached hydrogens (tertiary/aromatic N) is 2. The molecule has 16 heavy (non-hydrogen) atoms. The topological polar surface area (TPSA) is 68.9 Å². The second-order valence-corrected chi connectivity index (χ2v) is 4.07. The monoisotopic (exact) mass is 277 g/mol. The van der Waals surface area contributed by atoms with Gasteiger partial charge in [-0.25, -0.2) is 0 Å². The Hall–Kier alpha value is -1.75. The molecular formula is C11H8BrN3O. The van der Waals surface area contributed by atoms with Crippen LogP contribution in [0.3, 0.4) is 0 Å². The molecule has 80 valence electrons. The molecule has 0 aromatic carbocycles. The number of hydrogen-bond acceptors (Lipinski definition) is 4. The summed E-state index contributed by atoms with van der Waals surface area (Å²) in [5, 5.41) is 0. The maximum atomic E-state index is 12.0. The van der Waals surface area contributed by atoms with Crippen LogP contribution in [0.15, 0.2) is 41.3 Å². The minimum absolute atomic E-state index is 0.224. The Bertz CT molecular complexity index is 525. The van der Waals surface area contributed by atoms with Crippen molar-refractivity contribution in [2.24, 2.45) is 0 Å². The van der Waals surface area contributed by atoms with Crippen LogP contribution in [0.5, 0.6) is 0 Å². The molecule has 2 N–H and O–H groups in total. The molecule has 0 amide bonds. The number of anilines is 1. The van der Waals surface area contributed by atoms with Crippen molar-refractivity contribution < 1.29 is 4.79 Å². The smallest absolute Gasteiger partial charge is 0.214 e. The number of nitrogens with two attached hydrogens (primary N) is 1. The zero-order chi connectivity index (χ0) is 11.5. The summed E-state index contributed by atoms with van der Waals surface area (Å²) in [5.74, 6) is -0.224. The lowest BCUT2D eigenvalue weighted by Gasteiger charge is -2.02. The number of hydrogen-bond donors (Lipinski definition) is 1. The minimum Gasteiger partial charge on any atom is -0.398 e. The SMILES string of the molecule is Nc1ccncc1C(=O)c1ccc(Br)cn1. The van der Waals surface area contributed by atoms with E-state index in [-0.39, 0.29) is 5.78 Å². The first-order valence-electron chi connectivity index (χ1n) is 4.54. The molecule has 0 spiro atoms. The molecule has 2 rings (SSSR count). The van der Waals surface area contributed by atoms with Crippen molar-refractivity contribution in [1.29, 1.82) is 0 Å². The van der Waals surface area contributed by atoms with Crippen molar-refractivity contribution >= 4 is 27.4 Å². The van der Waals surface area contributed by atoms with Crippen LogP contribution in [0, 0.1) is 0 Å². The maximum absolute atomic E-state index is 12.0. The van der Waals surface area contributed by atoms with Gasteiger partial charge in [0.05, 0.1) is 5.56 Å². The summed E-state index contributed by atoms with van der Waals surface area (Å²) in [6, 6.07) is 4.98. The average molecular weight is 278 g/mol. The summed E-state index contributed by atoms with van der Waals surface area (Å²) >= 11 is 3.25. The van der Waals surface area contributed by atoms with Gasteiger partial charge in [-0.3, -0.25) is 14.8 Å². The number of rotatable bonds is 2. The van der Waals surface area contributed by atoms with Crippen molar-refractivity contribution in [3.05, 3.63) is 52.5 Å². The summed E-state index contributed by atoms with van der Waals surface area (Å²) in [6.45, 7) is 0. The molecule has 2 aromatic heterocycles. The number of ketones is 1. The van der Waals surface area contributed by atoms with Gasteiger partial charge in [0, 0.05) is 28.8 Å². The van der Waals surface area contributed by atoms with E-state index in [9.17, 15) is 4.79 Å². The van der Waals surface area contributed by atoms with Gasteiger partial charge in [0.25, 0.3) is 0 Å². The molecule has 0 aliphatic rings. The summed E-state index contributed by atoms with van der Waals surface area (Å²) < 4.78 is 0.822. The molecule has 0 fully saturated rings. The molecule has 2 heterocycles. The fourth-order valence-corrected chi connectivity index (χ4v) is 1.48. The van der Waals surface area contributed by atoms with Crippen molar-refractivity contribution in [3.63, 3.8) is 0 Å². The predicted octanol–water partition coefficient (Wildman–Crippen LogP) is 2.05. The Kier molecular flexibility index (Phi) is 2.96. The van der Waals surface area contributed by atoms with Gasteiger partial charge >= 0.3 is 0 Å². The maximum Gasteiger partial charge on any atom is 0.214 e. The van der Waals surface area contributed by atoms with E-state index >= 15 is 0 Å². The number of nitrogen functional groups attached to an aromatic ring is 1. The van der Waals surface area contributed by atoms with Crippen LogP contribution < -0.4 is 5.73 Å². The number of carbonyl (C=O) groups is 1.